The molecule has 0 unspecified atom stereocenters. The van der Waals surface area contributed by atoms with Crippen LogP contribution in [0, 0.1) is 11.8 Å². The van der Waals surface area contributed by atoms with Crippen molar-refractivity contribution in [3.63, 3.8) is 0 Å². The number of allylic oxidation sites excluding steroid dienone is 6. The van der Waals surface area contributed by atoms with Crippen molar-refractivity contribution in [2.75, 3.05) is 0 Å². The summed E-state index contributed by atoms with van der Waals surface area (Å²) in [5.41, 5.74) is 1.02. The van der Waals surface area contributed by atoms with Crippen LogP contribution in [-0.2, 0) is 4.79 Å². The summed E-state index contributed by atoms with van der Waals surface area (Å²) in [6.45, 7) is 2.12. The van der Waals surface area contributed by atoms with Crippen LogP contribution in [0.1, 0.15) is 13.3 Å². The van der Waals surface area contributed by atoms with E-state index in [0.29, 0.717) is 23.3 Å². The summed E-state index contributed by atoms with van der Waals surface area (Å²) < 4.78 is 0. The Morgan fingerprint density at radius 3 is 3.00 bits per heavy atom. The van der Waals surface area contributed by atoms with E-state index in [0.717, 1.165) is 5.57 Å². The van der Waals surface area contributed by atoms with Gasteiger partial charge in [0.25, 0.3) is 0 Å². The van der Waals surface area contributed by atoms with Gasteiger partial charge in [-0.1, -0.05) is 42.8 Å². The lowest BCUT2D eigenvalue weighted by Gasteiger charge is -2.14. The summed E-state index contributed by atoms with van der Waals surface area (Å²) >= 11 is 5.93. The standard InChI is InChI=1S/C11H11ClO/c1-7-4-2-3-5-8-9(7)6-10(13)11(8)12/h2-5,7,9H,6H2,1H3/t7-,9+/m1/s1. The predicted molar refractivity (Wildman–Crippen MR) is 53.4 cm³/mol. The number of hydrogen-bond donors (Lipinski definition) is 0. The van der Waals surface area contributed by atoms with Gasteiger partial charge in [-0.3, -0.25) is 4.79 Å². The lowest BCUT2D eigenvalue weighted by molar-refractivity contribution is -0.114. The van der Waals surface area contributed by atoms with Gasteiger partial charge < -0.3 is 0 Å². The van der Waals surface area contributed by atoms with E-state index in [1.807, 2.05) is 18.2 Å². The van der Waals surface area contributed by atoms with Crippen molar-refractivity contribution in [2.24, 2.45) is 11.8 Å². The van der Waals surface area contributed by atoms with E-state index in [9.17, 15) is 4.79 Å². The molecular weight excluding hydrogens is 184 g/mol. The SMILES string of the molecule is C[C@@H]1C=CC=CC2=C(Cl)C(=O)C[C@H]21. The third-order valence-corrected chi connectivity index (χ3v) is 3.17. The molecule has 2 atom stereocenters. The van der Waals surface area contributed by atoms with Crippen LogP contribution in [0.5, 0.6) is 0 Å². The maximum atomic E-state index is 11.4. The van der Waals surface area contributed by atoms with Gasteiger partial charge in [0.1, 0.15) is 0 Å². The first-order valence-electron chi connectivity index (χ1n) is 4.48. The Labute approximate surface area is 82.8 Å². The fraction of sp³-hybridized carbons (Fsp3) is 0.364. The van der Waals surface area contributed by atoms with E-state index in [1.165, 1.54) is 0 Å². The second-order valence-corrected chi connectivity index (χ2v) is 3.98. The quantitative estimate of drug-likeness (QED) is 0.580. The van der Waals surface area contributed by atoms with Crippen LogP contribution in [0.25, 0.3) is 0 Å². The van der Waals surface area contributed by atoms with Gasteiger partial charge in [-0.05, 0) is 17.4 Å². The highest BCUT2D eigenvalue weighted by atomic mass is 35.5. The van der Waals surface area contributed by atoms with Crippen LogP contribution >= 0.6 is 11.6 Å². The molecule has 0 aliphatic heterocycles. The lowest BCUT2D eigenvalue weighted by Crippen LogP contribution is -2.08. The van der Waals surface area contributed by atoms with Crippen molar-refractivity contribution < 1.29 is 4.79 Å². The second-order valence-electron chi connectivity index (χ2n) is 3.61. The van der Waals surface area contributed by atoms with Gasteiger partial charge in [0.05, 0.1) is 5.03 Å². The third-order valence-electron chi connectivity index (χ3n) is 2.74. The Morgan fingerprint density at radius 2 is 2.23 bits per heavy atom. The van der Waals surface area contributed by atoms with Crippen LogP contribution in [0.3, 0.4) is 0 Å². The number of fused-ring (bicyclic) bond motifs is 1. The fourth-order valence-electron chi connectivity index (χ4n) is 1.92. The number of ketones is 1. The van der Waals surface area contributed by atoms with Gasteiger partial charge in [0.15, 0.2) is 5.78 Å². The molecule has 0 bridgehead atoms. The van der Waals surface area contributed by atoms with Crippen LogP contribution in [-0.4, -0.2) is 5.78 Å². The van der Waals surface area contributed by atoms with Crippen LogP contribution < -0.4 is 0 Å². The molecule has 2 aliphatic rings. The van der Waals surface area contributed by atoms with E-state index in [2.05, 4.69) is 13.0 Å². The highest BCUT2D eigenvalue weighted by molar-refractivity contribution is 6.44. The molecule has 2 aliphatic carbocycles. The van der Waals surface area contributed by atoms with Crippen molar-refractivity contribution >= 4 is 17.4 Å². The van der Waals surface area contributed by atoms with Gasteiger partial charge in [-0.25, -0.2) is 0 Å². The first-order chi connectivity index (χ1) is 6.20. The molecule has 13 heavy (non-hydrogen) atoms. The number of halogens is 1. The normalized spacial score (nSPS) is 32.3. The number of carbonyl (C=O) groups excluding carboxylic acids is 1. The lowest BCUT2D eigenvalue weighted by atomic mass is 9.89. The van der Waals surface area contributed by atoms with Gasteiger partial charge in [0, 0.05) is 6.42 Å². The minimum absolute atomic E-state index is 0.0912. The van der Waals surface area contributed by atoms with Crippen molar-refractivity contribution in [1.82, 2.24) is 0 Å². The highest BCUT2D eigenvalue weighted by Crippen LogP contribution is 2.38. The smallest absolute Gasteiger partial charge is 0.175 e. The minimum Gasteiger partial charge on any atom is -0.293 e. The largest absolute Gasteiger partial charge is 0.293 e. The Kier molecular flexibility index (Phi) is 2.12. The molecule has 2 rings (SSSR count). The maximum Gasteiger partial charge on any atom is 0.175 e. The number of carbonyl (C=O) groups is 1. The van der Waals surface area contributed by atoms with Crippen molar-refractivity contribution in [3.8, 4) is 0 Å². The average molecular weight is 195 g/mol. The fourth-order valence-corrected chi connectivity index (χ4v) is 2.20. The summed E-state index contributed by atoms with van der Waals surface area (Å²) in [7, 11) is 0. The van der Waals surface area contributed by atoms with Crippen LogP contribution in [0.4, 0.5) is 0 Å². The molecule has 2 heteroatoms. The molecule has 0 aromatic rings. The molecule has 0 radical (unpaired) electrons. The summed E-state index contributed by atoms with van der Waals surface area (Å²) in [6.07, 6.45) is 8.62. The predicted octanol–water partition coefficient (Wildman–Crippen LogP) is 2.83. The van der Waals surface area contributed by atoms with Gasteiger partial charge in [-0.2, -0.15) is 0 Å². The molecule has 68 valence electrons. The molecule has 0 fully saturated rings. The third kappa shape index (κ3) is 1.37. The molecule has 0 spiro atoms. The average Bonchev–Trinajstić information content (AvgIpc) is 2.30. The number of Topliss-reactive ketones (excluding diaryl/α,β-unsaturated/α-hetero) is 1. The van der Waals surface area contributed by atoms with E-state index in [1.54, 1.807) is 0 Å². The maximum absolute atomic E-state index is 11.4. The van der Waals surface area contributed by atoms with Gasteiger partial charge >= 0.3 is 0 Å². The van der Waals surface area contributed by atoms with E-state index >= 15 is 0 Å². The Morgan fingerprint density at radius 1 is 1.46 bits per heavy atom. The first kappa shape index (κ1) is 8.76. The Hall–Kier alpha value is -0.820. The van der Waals surface area contributed by atoms with Crippen LogP contribution in [0.15, 0.2) is 34.9 Å². The van der Waals surface area contributed by atoms with Crippen molar-refractivity contribution in [3.05, 3.63) is 34.9 Å². The minimum atomic E-state index is 0.0912. The molecular formula is C11H11ClO. The zero-order valence-corrected chi connectivity index (χ0v) is 8.21. The van der Waals surface area contributed by atoms with Gasteiger partial charge in [-0.15, -0.1) is 0 Å². The molecule has 0 saturated carbocycles. The summed E-state index contributed by atoms with van der Waals surface area (Å²) in [5.74, 6) is 0.800. The number of hydrogen-bond acceptors (Lipinski definition) is 1. The topological polar surface area (TPSA) is 17.1 Å². The van der Waals surface area contributed by atoms with Gasteiger partial charge in [0.2, 0.25) is 0 Å². The van der Waals surface area contributed by atoms with E-state index in [-0.39, 0.29) is 5.78 Å². The van der Waals surface area contributed by atoms with Crippen LogP contribution in [0.2, 0.25) is 0 Å². The molecule has 0 aromatic heterocycles. The summed E-state index contributed by atoms with van der Waals surface area (Å²) in [4.78, 5) is 11.4. The molecule has 0 heterocycles. The Bertz CT molecular complexity index is 336. The Balaban J connectivity index is 2.44. The molecule has 0 amide bonds. The van der Waals surface area contributed by atoms with Crippen molar-refractivity contribution in [1.29, 1.82) is 0 Å². The monoisotopic (exact) mass is 194 g/mol. The summed E-state index contributed by atoms with van der Waals surface area (Å²) in [5, 5.41) is 0.441. The van der Waals surface area contributed by atoms with Crippen molar-refractivity contribution in [2.45, 2.75) is 13.3 Å². The molecule has 1 nitrogen and oxygen atoms in total. The highest BCUT2D eigenvalue weighted by Gasteiger charge is 2.32. The van der Waals surface area contributed by atoms with E-state index in [4.69, 9.17) is 11.6 Å². The molecule has 0 saturated heterocycles. The zero-order chi connectivity index (χ0) is 9.42. The van der Waals surface area contributed by atoms with E-state index < -0.39 is 0 Å². The zero-order valence-electron chi connectivity index (χ0n) is 7.46. The first-order valence-corrected chi connectivity index (χ1v) is 4.85. The summed E-state index contributed by atoms with van der Waals surface area (Å²) in [6, 6.07) is 0. The number of rotatable bonds is 0. The second kappa shape index (κ2) is 3.15. The molecule has 0 aromatic carbocycles. The molecule has 0 N–H and O–H groups in total.